The van der Waals surface area contributed by atoms with E-state index in [0.29, 0.717) is 25.9 Å². The first-order valence-corrected chi connectivity index (χ1v) is 5.61. The molecule has 92 valence electrons. The fraction of sp³-hybridized carbons (Fsp3) is 0.417. The van der Waals surface area contributed by atoms with E-state index in [-0.39, 0.29) is 12.3 Å². The number of carboxylic acid groups (broad SMARTS) is 1. The molecule has 0 saturated carbocycles. The van der Waals surface area contributed by atoms with Crippen molar-refractivity contribution >= 4 is 11.9 Å². The third kappa shape index (κ3) is 6.29. The van der Waals surface area contributed by atoms with Gasteiger partial charge in [0, 0.05) is 25.1 Å². The molecule has 0 aromatic carbocycles. The van der Waals surface area contributed by atoms with Crippen LogP contribution in [0.15, 0.2) is 30.6 Å². The second kappa shape index (κ2) is 7.38. The number of nitrogens with one attached hydrogen (secondary N) is 1. The van der Waals surface area contributed by atoms with Crippen molar-refractivity contribution < 1.29 is 19.3 Å². The molecule has 0 aliphatic heterocycles. The summed E-state index contributed by atoms with van der Waals surface area (Å²) < 4.78 is 1.93. The van der Waals surface area contributed by atoms with Crippen LogP contribution in [0.25, 0.3) is 0 Å². The van der Waals surface area contributed by atoms with Gasteiger partial charge in [0.05, 0.1) is 6.42 Å². The highest BCUT2D eigenvalue weighted by Crippen LogP contribution is 1.87. The Labute approximate surface area is 100 Å². The summed E-state index contributed by atoms with van der Waals surface area (Å²) in [5.74, 6) is -0.883. The number of hydrogen-bond donors (Lipinski definition) is 2. The summed E-state index contributed by atoms with van der Waals surface area (Å²) >= 11 is 0. The minimum absolute atomic E-state index is 0.0493. The van der Waals surface area contributed by atoms with Gasteiger partial charge in [-0.3, -0.25) is 9.59 Å². The predicted molar refractivity (Wildman–Crippen MR) is 61.1 cm³/mol. The number of carbonyl (C=O) groups excluding carboxylic acids is 1. The number of carbonyl (C=O) groups is 2. The molecule has 0 aliphatic carbocycles. The quantitative estimate of drug-likeness (QED) is 0.531. The number of pyridine rings is 1. The van der Waals surface area contributed by atoms with Gasteiger partial charge in [0.15, 0.2) is 18.9 Å². The van der Waals surface area contributed by atoms with Crippen molar-refractivity contribution in [3.8, 4) is 0 Å². The molecule has 1 amide bonds. The van der Waals surface area contributed by atoms with Gasteiger partial charge in [-0.2, -0.15) is 0 Å². The van der Waals surface area contributed by atoms with Gasteiger partial charge in [-0.25, -0.2) is 4.57 Å². The summed E-state index contributed by atoms with van der Waals surface area (Å²) in [6.45, 7) is 1.05. The van der Waals surface area contributed by atoms with E-state index in [4.69, 9.17) is 5.11 Å². The lowest BCUT2D eigenvalue weighted by Gasteiger charge is -2.02. The Morgan fingerprint density at radius 3 is 2.47 bits per heavy atom. The minimum Gasteiger partial charge on any atom is -0.481 e. The molecule has 0 aliphatic rings. The zero-order chi connectivity index (χ0) is 12.5. The largest absolute Gasteiger partial charge is 0.481 e. The zero-order valence-corrected chi connectivity index (χ0v) is 9.63. The maximum Gasteiger partial charge on any atom is 0.303 e. The number of nitrogens with zero attached hydrogens (tertiary/aromatic N) is 1. The number of hydrogen-bond acceptors (Lipinski definition) is 2. The van der Waals surface area contributed by atoms with E-state index in [9.17, 15) is 9.59 Å². The Bertz CT molecular complexity index is 365. The number of rotatable bonds is 7. The van der Waals surface area contributed by atoms with E-state index in [2.05, 4.69) is 5.32 Å². The van der Waals surface area contributed by atoms with Gasteiger partial charge in [0.25, 0.3) is 0 Å². The molecule has 1 aromatic heterocycles. The lowest BCUT2D eigenvalue weighted by molar-refractivity contribution is -0.695. The van der Waals surface area contributed by atoms with Crippen LogP contribution < -0.4 is 9.88 Å². The first-order chi connectivity index (χ1) is 8.18. The van der Waals surface area contributed by atoms with E-state index in [1.165, 1.54) is 0 Å². The molecule has 0 atom stereocenters. The standard InChI is InChI=1S/C12H16N2O3/c15-11(13-7-4-5-12(16)17)6-10-14-8-2-1-3-9-14/h1-3,8-9H,4-7,10H2,(H-,13,15,16,17)/p+1. The number of aryl methyl sites for hydroxylation is 1. The van der Waals surface area contributed by atoms with Crippen LogP contribution in [0, 0.1) is 0 Å². The molecule has 5 nitrogen and oxygen atoms in total. The van der Waals surface area contributed by atoms with Gasteiger partial charge in [0.2, 0.25) is 5.91 Å². The summed E-state index contributed by atoms with van der Waals surface area (Å²) in [6.07, 6.45) is 4.77. The fourth-order valence-corrected chi connectivity index (χ4v) is 1.37. The van der Waals surface area contributed by atoms with E-state index >= 15 is 0 Å². The summed E-state index contributed by atoms with van der Waals surface area (Å²) in [6, 6.07) is 5.73. The van der Waals surface area contributed by atoms with Crippen LogP contribution >= 0.6 is 0 Å². The Kier molecular flexibility index (Phi) is 5.71. The zero-order valence-electron chi connectivity index (χ0n) is 9.63. The van der Waals surface area contributed by atoms with Gasteiger partial charge < -0.3 is 10.4 Å². The topological polar surface area (TPSA) is 70.3 Å². The Balaban J connectivity index is 2.11. The Hall–Kier alpha value is -1.91. The van der Waals surface area contributed by atoms with E-state index in [1.807, 2.05) is 35.2 Å². The molecule has 0 unspecified atom stereocenters. The summed E-state index contributed by atoms with van der Waals surface area (Å²) in [5, 5.41) is 11.1. The van der Waals surface area contributed by atoms with Gasteiger partial charge in [-0.05, 0) is 6.42 Å². The molecular weight excluding hydrogens is 220 g/mol. The first-order valence-electron chi connectivity index (χ1n) is 5.61. The molecule has 0 radical (unpaired) electrons. The lowest BCUT2D eigenvalue weighted by Crippen LogP contribution is -2.36. The van der Waals surface area contributed by atoms with E-state index in [0.717, 1.165) is 0 Å². The van der Waals surface area contributed by atoms with Crippen LogP contribution in [0.4, 0.5) is 0 Å². The van der Waals surface area contributed by atoms with Gasteiger partial charge in [-0.1, -0.05) is 6.07 Å². The minimum atomic E-state index is -0.834. The van der Waals surface area contributed by atoms with E-state index < -0.39 is 5.97 Å². The van der Waals surface area contributed by atoms with Crippen molar-refractivity contribution in [1.82, 2.24) is 5.32 Å². The van der Waals surface area contributed by atoms with Gasteiger partial charge in [0.1, 0.15) is 0 Å². The maximum atomic E-state index is 11.4. The SMILES string of the molecule is O=C(O)CCCNC(=O)CC[n+]1ccccc1. The third-order valence-electron chi connectivity index (χ3n) is 2.26. The number of carboxylic acids is 1. The molecular formula is C12H17N2O3+. The highest BCUT2D eigenvalue weighted by Gasteiger charge is 2.05. The molecule has 0 bridgehead atoms. The molecule has 1 aromatic rings. The first kappa shape index (κ1) is 13.2. The molecule has 0 saturated heterocycles. The molecule has 2 N–H and O–H groups in total. The van der Waals surface area contributed by atoms with Crippen molar-refractivity contribution in [2.45, 2.75) is 25.8 Å². The van der Waals surface area contributed by atoms with Crippen molar-refractivity contribution in [3.05, 3.63) is 30.6 Å². The van der Waals surface area contributed by atoms with Gasteiger partial charge in [-0.15, -0.1) is 0 Å². The Morgan fingerprint density at radius 1 is 1.12 bits per heavy atom. The second-order valence-electron chi connectivity index (χ2n) is 3.71. The van der Waals surface area contributed by atoms with Crippen molar-refractivity contribution in [2.24, 2.45) is 0 Å². The average Bonchev–Trinajstić information content (AvgIpc) is 2.33. The summed E-state index contributed by atoms with van der Waals surface area (Å²) in [4.78, 5) is 21.6. The normalized spacial score (nSPS) is 9.88. The Morgan fingerprint density at radius 2 is 1.82 bits per heavy atom. The van der Waals surface area contributed by atoms with Crippen molar-refractivity contribution in [1.29, 1.82) is 0 Å². The smallest absolute Gasteiger partial charge is 0.303 e. The van der Waals surface area contributed by atoms with Crippen molar-refractivity contribution in [3.63, 3.8) is 0 Å². The van der Waals surface area contributed by atoms with Gasteiger partial charge >= 0.3 is 5.97 Å². The van der Waals surface area contributed by atoms with Crippen LogP contribution in [0.3, 0.4) is 0 Å². The monoisotopic (exact) mass is 237 g/mol. The number of aromatic nitrogens is 1. The van der Waals surface area contributed by atoms with Crippen LogP contribution in [-0.4, -0.2) is 23.5 Å². The third-order valence-corrected chi connectivity index (χ3v) is 2.26. The van der Waals surface area contributed by atoms with Crippen LogP contribution in [-0.2, 0) is 16.1 Å². The molecule has 5 heteroatoms. The predicted octanol–water partition coefficient (Wildman–Crippen LogP) is 0.345. The van der Waals surface area contributed by atoms with Crippen LogP contribution in [0.2, 0.25) is 0 Å². The highest BCUT2D eigenvalue weighted by molar-refractivity contribution is 5.75. The second-order valence-corrected chi connectivity index (χ2v) is 3.71. The highest BCUT2D eigenvalue weighted by atomic mass is 16.4. The molecule has 17 heavy (non-hydrogen) atoms. The number of amides is 1. The van der Waals surface area contributed by atoms with Crippen LogP contribution in [0.1, 0.15) is 19.3 Å². The molecule has 1 heterocycles. The van der Waals surface area contributed by atoms with Crippen LogP contribution in [0.5, 0.6) is 0 Å². The average molecular weight is 237 g/mol. The number of aliphatic carboxylic acids is 1. The lowest BCUT2D eigenvalue weighted by atomic mass is 10.3. The van der Waals surface area contributed by atoms with Crippen molar-refractivity contribution in [2.75, 3.05) is 6.54 Å². The fourth-order valence-electron chi connectivity index (χ4n) is 1.37. The molecule has 0 fully saturated rings. The molecule has 1 rings (SSSR count). The maximum absolute atomic E-state index is 11.4. The molecule has 0 spiro atoms. The van der Waals surface area contributed by atoms with E-state index in [1.54, 1.807) is 0 Å². The summed E-state index contributed by atoms with van der Waals surface area (Å²) in [5.41, 5.74) is 0. The summed E-state index contributed by atoms with van der Waals surface area (Å²) in [7, 11) is 0.